The van der Waals surface area contributed by atoms with E-state index in [1.165, 1.54) is 11.3 Å². The molecule has 0 aliphatic carbocycles. The lowest BCUT2D eigenvalue weighted by molar-refractivity contribution is 0.323. The number of anilines is 1. The highest BCUT2D eigenvalue weighted by molar-refractivity contribution is 7.13. The Kier molecular flexibility index (Phi) is 5.19. The third-order valence-corrected chi connectivity index (χ3v) is 4.51. The van der Waals surface area contributed by atoms with Gasteiger partial charge in [0, 0.05) is 13.1 Å². The lowest BCUT2D eigenvalue weighted by atomic mass is 10.1. The van der Waals surface area contributed by atoms with Crippen LogP contribution in [-0.4, -0.2) is 25.4 Å². The zero-order valence-corrected chi connectivity index (χ0v) is 15.3. The van der Waals surface area contributed by atoms with Crippen molar-refractivity contribution in [2.75, 3.05) is 25.6 Å². The third-order valence-electron chi connectivity index (χ3n) is 3.65. The fraction of sp³-hybridized carbons (Fsp3) is 0.263. The molecule has 0 aliphatic heterocycles. The lowest BCUT2D eigenvalue weighted by Gasteiger charge is -2.11. The van der Waals surface area contributed by atoms with E-state index in [9.17, 15) is 5.11 Å². The van der Waals surface area contributed by atoms with Crippen molar-refractivity contribution in [2.24, 2.45) is 0 Å². The number of benzene rings is 1. The largest absolute Gasteiger partial charge is 0.504 e. The summed E-state index contributed by atoms with van der Waals surface area (Å²) in [5.41, 5.74) is 1.36. The molecule has 0 fully saturated rings. The summed E-state index contributed by atoms with van der Waals surface area (Å²) in [6, 6.07) is 9.41. The number of rotatable bonds is 7. The quantitative estimate of drug-likeness (QED) is 0.605. The van der Waals surface area contributed by atoms with Gasteiger partial charge >= 0.3 is 0 Å². The van der Waals surface area contributed by atoms with Crippen LogP contribution in [0, 0.1) is 0 Å². The van der Waals surface area contributed by atoms with Crippen LogP contribution in [0.5, 0.6) is 17.2 Å². The minimum absolute atomic E-state index is 0.0999. The van der Waals surface area contributed by atoms with E-state index in [4.69, 9.17) is 13.9 Å². The molecule has 3 rings (SSSR count). The number of thiophene rings is 1. The first-order valence-corrected chi connectivity index (χ1v) is 9.04. The summed E-state index contributed by atoms with van der Waals surface area (Å²) in [5, 5.41) is 15.8. The SMILES string of the molecule is CCOc1cc(OCC)cc(-c2c(NC)oc(-c3cccs3)c2O)c1. The summed E-state index contributed by atoms with van der Waals surface area (Å²) in [6.45, 7) is 4.95. The maximum absolute atomic E-state index is 10.8. The van der Waals surface area contributed by atoms with E-state index < -0.39 is 0 Å². The minimum Gasteiger partial charge on any atom is -0.504 e. The maximum Gasteiger partial charge on any atom is 0.205 e. The number of hydrogen-bond acceptors (Lipinski definition) is 6. The summed E-state index contributed by atoms with van der Waals surface area (Å²) < 4.78 is 17.1. The summed E-state index contributed by atoms with van der Waals surface area (Å²) in [6.07, 6.45) is 0. The molecule has 132 valence electrons. The molecule has 5 nitrogen and oxygen atoms in total. The number of hydrogen-bond donors (Lipinski definition) is 2. The predicted octanol–water partition coefficient (Wildman–Crippen LogP) is 5.22. The van der Waals surface area contributed by atoms with Crippen LogP contribution in [0.15, 0.2) is 40.1 Å². The monoisotopic (exact) mass is 359 g/mol. The van der Waals surface area contributed by atoms with Gasteiger partial charge in [-0.15, -0.1) is 11.3 Å². The molecule has 0 amide bonds. The van der Waals surface area contributed by atoms with Gasteiger partial charge in [-0.05, 0) is 43.0 Å². The van der Waals surface area contributed by atoms with Crippen molar-refractivity contribution >= 4 is 17.2 Å². The van der Waals surface area contributed by atoms with Gasteiger partial charge in [-0.25, -0.2) is 0 Å². The molecule has 0 unspecified atom stereocenters. The molecule has 2 aromatic heterocycles. The van der Waals surface area contributed by atoms with Crippen LogP contribution in [0.25, 0.3) is 21.8 Å². The molecule has 1 aromatic carbocycles. The van der Waals surface area contributed by atoms with Gasteiger partial charge in [-0.2, -0.15) is 0 Å². The predicted molar refractivity (Wildman–Crippen MR) is 101 cm³/mol. The number of aromatic hydroxyl groups is 1. The Morgan fingerprint density at radius 1 is 1.12 bits per heavy atom. The molecule has 25 heavy (non-hydrogen) atoms. The Hall–Kier alpha value is -2.60. The number of nitrogens with one attached hydrogen (secondary N) is 1. The Bertz CT molecular complexity index is 815. The van der Waals surface area contributed by atoms with Crippen molar-refractivity contribution in [1.82, 2.24) is 0 Å². The second-order valence-corrected chi connectivity index (χ2v) is 6.22. The molecule has 0 radical (unpaired) electrons. The van der Waals surface area contributed by atoms with Crippen molar-refractivity contribution in [3.63, 3.8) is 0 Å². The second kappa shape index (κ2) is 7.53. The van der Waals surface area contributed by atoms with Gasteiger partial charge in [-0.1, -0.05) is 6.07 Å². The molecule has 2 heterocycles. The van der Waals surface area contributed by atoms with E-state index >= 15 is 0 Å². The smallest absolute Gasteiger partial charge is 0.205 e. The Morgan fingerprint density at radius 3 is 2.32 bits per heavy atom. The normalized spacial score (nSPS) is 10.7. The van der Waals surface area contributed by atoms with Gasteiger partial charge in [0.2, 0.25) is 5.88 Å². The topological polar surface area (TPSA) is 63.9 Å². The van der Waals surface area contributed by atoms with Gasteiger partial charge in [0.05, 0.1) is 23.7 Å². The summed E-state index contributed by atoms with van der Waals surface area (Å²) in [4.78, 5) is 0.867. The molecule has 2 N–H and O–H groups in total. The Labute approximate surface area is 150 Å². The van der Waals surface area contributed by atoms with E-state index in [-0.39, 0.29) is 5.75 Å². The first-order valence-electron chi connectivity index (χ1n) is 8.16. The summed E-state index contributed by atoms with van der Waals surface area (Å²) >= 11 is 1.51. The van der Waals surface area contributed by atoms with Crippen LogP contribution in [0.1, 0.15) is 13.8 Å². The highest BCUT2D eigenvalue weighted by atomic mass is 32.1. The van der Waals surface area contributed by atoms with Crippen molar-refractivity contribution in [2.45, 2.75) is 13.8 Å². The van der Waals surface area contributed by atoms with Gasteiger partial charge in [0.25, 0.3) is 0 Å². The van der Waals surface area contributed by atoms with E-state index in [0.717, 1.165) is 10.4 Å². The first kappa shape index (κ1) is 17.2. The first-order chi connectivity index (χ1) is 12.2. The van der Waals surface area contributed by atoms with Gasteiger partial charge in [-0.3, -0.25) is 0 Å². The summed E-state index contributed by atoms with van der Waals surface area (Å²) in [5.74, 6) is 2.42. The van der Waals surface area contributed by atoms with E-state index in [2.05, 4.69) is 5.32 Å². The fourth-order valence-corrected chi connectivity index (χ4v) is 3.36. The lowest BCUT2D eigenvalue weighted by Crippen LogP contribution is -1.96. The standard InChI is InChI=1S/C19H21NO4S/c1-4-22-13-9-12(10-14(11-13)23-5-2)16-17(21)18(24-19(16)20-3)15-7-6-8-25-15/h6-11,20-21H,4-5H2,1-3H3. The van der Waals surface area contributed by atoms with Gasteiger partial charge < -0.3 is 24.3 Å². The van der Waals surface area contributed by atoms with Crippen LogP contribution < -0.4 is 14.8 Å². The Morgan fingerprint density at radius 2 is 1.80 bits per heavy atom. The van der Waals surface area contributed by atoms with Crippen LogP contribution in [0.4, 0.5) is 5.88 Å². The van der Waals surface area contributed by atoms with Gasteiger partial charge in [0.15, 0.2) is 11.5 Å². The molecule has 0 aliphatic rings. The number of furan rings is 1. The zero-order valence-electron chi connectivity index (χ0n) is 14.5. The van der Waals surface area contributed by atoms with Crippen molar-refractivity contribution in [3.8, 4) is 39.0 Å². The van der Waals surface area contributed by atoms with Crippen LogP contribution in [-0.2, 0) is 0 Å². The zero-order chi connectivity index (χ0) is 17.8. The third kappa shape index (κ3) is 3.44. The molecule has 3 aromatic rings. The van der Waals surface area contributed by atoms with Crippen molar-refractivity contribution in [1.29, 1.82) is 0 Å². The molecule has 0 saturated carbocycles. The molecular formula is C19H21NO4S. The van der Waals surface area contributed by atoms with Crippen molar-refractivity contribution < 1.29 is 19.0 Å². The molecule has 0 bridgehead atoms. The molecule has 6 heteroatoms. The average molecular weight is 359 g/mol. The van der Waals surface area contributed by atoms with E-state index in [1.54, 1.807) is 7.05 Å². The van der Waals surface area contributed by atoms with E-state index in [0.29, 0.717) is 41.9 Å². The van der Waals surface area contributed by atoms with Crippen LogP contribution in [0.3, 0.4) is 0 Å². The second-order valence-electron chi connectivity index (χ2n) is 5.27. The molecule has 0 atom stereocenters. The summed E-state index contributed by atoms with van der Waals surface area (Å²) in [7, 11) is 1.76. The highest BCUT2D eigenvalue weighted by Gasteiger charge is 2.23. The van der Waals surface area contributed by atoms with Crippen LogP contribution >= 0.6 is 11.3 Å². The van der Waals surface area contributed by atoms with Crippen LogP contribution in [0.2, 0.25) is 0 Å². The molecule has 0 spiro atoms. The van der Waals surface area contributed by atoms with Gasteiger partial charge in [0.1, 0.15) is 11.5 Å². The maximum atomic E-state index is 10.8. The number of ether oxygens (including phenoxy) is 2. The Balaban J connectivity index is 2.15. The molecular weight excluding hydrogens is 338 g/mol. The highest BCUT2D eigenvalue weighted by Crippen LogP contribution is 2.48. The molecule has 0 saturated heterocycles. The van der Waals surface area contributed by atoms with Crippen molar-refractivity contribution in [3.05, 3.63) is 35.7 Å². The van der Waals surface area contributed by atoms with E-state index in [1.807, 2.05) is 49.6 Å². The average Bonchev–Trinajstić information content (AvgIpc) is 3.22. The fourth-order valence-electron chi connectivity index (χ4n) is 2.66. The minimum atomic E-state index is 0.0999.